The summed E-state index contributed by atoms with van der Waals surface area (Å²) in [7, 11) is 1.57. The fourth-order valence-electron chi connectivity index (χ4n) is 2.58. The molecule has 0 saturated heterocycles. The van der Waals surface area contributed by atoms with E-state index in [1.165, 1.54) is 12.4 Å². The summed E-state index contributed by atoms with van der Waals surface area (Å²) in [4.78, 5) is 16.5. The summed E-state index contributed by atoms with van der Waals surface area (Å²) < 4.78 is 11.7. The molecule has 0 spiro atoms. The van der Waals surface area contributed by atoms with E-state index in [0.717, 1.165) is 12.8 Å². The largest absolute Gasteiger partial charge is 0.349 e. The molecule has 1 N–H and O–H groups in total. The standard InChI is InChI=1S/C18H22Cl2N2O3/c1-4-13(5-2)25-18(24-3)8-6-7-12(9-18)17(23)22-16-14(19)10-21-11-15(16)20/h6-8,10-11,13H,4-5,9H2,1-3H3,(H,21,22,23). The Bertz CT molecular complexity index is 667. The van der Waals surface area contributed by atoms with Gasteiger partial charge in [-0.25, -0.2) is 0 Å². The number of anilines is 1. The third-order valence-corrected chi connectivity index (χ3v) is 4.66. The Hall–Kier alpha value is -1.40. The highest BCUT2D eigenvalue weighted by atomic mass is 35.5. The first kappa shape index (κ1) is 19.9. The summed E-state index contributed by atoms with van der Waals surface area (Å²) in [5.74, 6) is -1.27. The first-order valence-corrected chi connectivity index (χ1v) is 8.92. The molecule has 5 nitrogen and oxygen atoms in total. The lowest BCUT2D eigenvalue weighted by Crippen LogP contribution is -2.39. The second-order valence-corrected chi connectivity index (χ2v) is 6.55. The Morgan fingerprint density at radius 3 is 2.52 bits per heavy atom. The van der Waals surface area contributed by atoms with Gasteiger partial charge in [-0.2, -0.15) is 0 Å². The summed E-state index contributed by atoms with van der Waals surface area (Å²) >= 11 is 12.1. The molecule has 25 heavy (non-hydrogen) atoms. The predicted octanol–water partition coefficient (Wildman–Crippen LogP) is 4.76. The average Bonchev–Trinajstić information content (AvgIpc) is 2.63. The van der Waals surface area contributed by atoms with Crippen LogP contribution in [0.5, 0.6) is 0 Å². The smallest absolute Gasteiger partial charge is 0.251 e. The third-order valence-electron chi connectivity index (χ3n) is 4.09. The molecule has 0 fully saturated rings. The van der Waals surface area contributed by atoms with Crippen molar-refractivity contribution in [3.63, 3.8) is 0 Å². The van der Waals surface area contributed by atoms with Gasteiger partial charge in [-0.1, -0.05) is 49.2 Å². The average molecular weight is 385 g/mol. The quantitative estimate of drug-likeness (QED) is 0.688. The van der Waals surface area contributed by atoms with Gasteiger partial charge in [0.1, 0.15) is 0 Å². The number of pyridine rings is 1. The van der Waals surface area contributed by atoms with Crippen molar-refractivity contribution in [1.29, 1.82) is 0 Å². The van der Waals surface area contributed by atoms with Gasteiger partial charge in [0, 0.05) is 31.5 Å². The Kier molecular flexibility index (Phi) is 7.02. The van der Waals surface area contributed by atoms with Gasteiger partial charge in [0.15, 0.2) is 5.79 Å². The highest BCUT2D eigenvalue weighted by Crippen LogP contribution is 2.33. The number of aromatic nitrogens is 1. The maximum atomic E-state index is 12.6. The fourth-order valence-corrected chi connectivity index (χ4v) is 3.04. The van der Waals surface area contributed by atoms with Gasteiger partial charge in [-0.15, -0.1) is 0 Å². The normalized spacial score (nSPS) is 19.8. The minimum Gasteiger partial charge on any atom is -0.349 e. The van der Waals surface area contributed by atoms with Crippen LogP contribution in [-0.4, -0.2) is 29.9 Å². The zero-order valence-corrected chi connectivity index (χ0v) is 16.0. The van der Waals surface area contributed by atoms with Crippen molar-refractivity contribution in [3.05, 3.63) is 46.2 Å². The van der Waals surface area contributed by atoms with E-state index in [2.05, 4.69) is 24.1 Å². The van der Waals surface area contributed by atoms with E-state index < -0.39 is 5.79 Å². The highest BCUT2D eigenvalue weighted by molar-refractivity contribution is 6.39. The number of rotatable bonds is 7. The molecule has 7 heteroatoms. The summed E-state index contributed by atoms with van der Waals surface area (Å²) in [6.07, 6.45) is 10.2. The monoisotopic (exact) mass is 384 g/mol. The number of hydrogen-bond donors (Lipinski definition) is 1. The van der Waals surface area contributed by atoms with Crippen LogP contribution in [0.2, 0.25) is 10.0 Å². The third kappa shape index (κ3) is 4.82. The van der Waals surface area contributed by atoms with Gasteiger partial charge >= 0.3 is 0 Å². The van der Waals surface area contributed by atoms with E-state index in [9.17, 15) is 4.79 Å². The van der Waals surface area contributed by atoms with Crippen LogP contribution in [0, 0.1) is 0 Å². The van der Waals surface area contributed by atoms with E-state index in [0.29, 0.717) is 17.7 Å². The number of nitrogens with one attached hydrogen (secondary N) is 1. The Balaban J connectivity index is 2.16. The number of hydrogen-bond acceptors (Lipinski definition) is 4. The summed E-state index contributed by atoms with van der Waals surface area (Å²) in [6, 6.07) is 0. The van der Waals surface area contributed by atoms with Crippen LogP contribution >= 0.6 is 23.2 Å². The molecule has 0 saturated carbocycles. The first-order chi connectivity index (χ1) is 11.9. The number of carbonyl (C=O) groups is 1. The van der Waals surface area contributed by atoms with Crippen molar-refractivity contribution in [2.75, 3.05) is 12.4 Å². The number of halogens is 2. The van der Waals surface area contributed by atoms with E-state index in [1.807, 2.05) is 6.08 Å². The van der Waals surface area contributed by atoms with Crippen molar-refractivity contribution in [2.45, 2.75) is 45.0 Å². The van der Waals surface area contributed by atoms with Gasteiger partial charge in [0.25, 0.3) is 5.91 Å². The number of methoxy groups -OCH3 is 1. The Morgan fingerprint density at radius 2 is 1.96 bits per heavy atom. The van der Waals surface area contributed by atoms with Crippen molar-refractivity contribution < 1.29 is 14.3 Å². The molecular formula is C18H22Cl2N2O3. The van der Waals surface area contributed by atoms with Gasteiger partial charge in [-0.3, -0.25) is 9.78 Å². The number of allylic oxidation sites excluding steroid dienone is 2. The second-order valence-electron chi connectivity index (χ2n) is 5.73. The van der Waals surface area contributed by atoms with Crippen LogP contribution in [0.1, 0.15) is 33.1 Å². The molecule has 0 bridgehead atoms. The van der Waals surface area contributed by atoms with E-state index in [4.69, 9.17) is 32.7 Å². The molecule has 0 aliphatic heterocycles. The fraction of sp³-hybridized carbons (Fsp3) is 0.444. The molecule has 1 atom stereocenters. The molecule has 1 aliphatic carbocycles. The summed E-state index contributed by atoms with van der Waals surface area (Å²) in [5.41, 5.74) is 0.849. The van der Waals surface area contributed by atoms with Crippen LogP contribution < -0.4 is 5.32 Å². The molecule has 0 aromatic carbocycles. The van der Waals surface area contributed by atoms with Crippen LogP contribution in [0.3, 0.4) is 0 Å². The molecule has 1 amide bonds. The Morgan fingerprint density at radius 1 is 1.32 bits per heavy atom. The number of amides is 1. The molecule has 1 unspecified atom stereocenters. The highest BCUT2D eigenvalue weighted by Gasteiger charge is 2.35. The lowest BCUT2D eigenvalue weighted by molar-refractivity contribution is -0.215. The lowest BCUT2D eigenvalue weighted by atomic mass is 9.98. The molecule has 136 valence electrons. The molecule has 0 radical (unpaired) electrons. The van der Waals surface area contributed by atoms with Gasteiger partial charge < -0.3 is 14.8 Å². The van der Waals surface area contributed by atoms with Crippen LogP contribution in [-0.2, 0) is 14.3 Å². The van der Waals surface area contributed by atoms with Crippen molar-refractivity contribution in [1.82, 2.24) is 4.98 Å². The van der Waals surface area contributed by atoms with Crippen molar-refractivity contribution in [2.24, 2.45) is 0 Å². The predicted molar refractivity (Wildman–Crippen MR) is 99.9 cm³/mol. The van der Waals surface area contributed by atoms with E-state index >= 15 is 0 Å². The molecule has 1 heterocycles. The molecular weight excluding hydrogens is 363 g/mol. The molecule has 1 aliphatic rings. The van der Waals surface area contributed by atoms with Crippen molar-refractivity contribution >= 4 is 34.8 Å². The van der Waals surface area contributed by atoms with Crippen LogP contribution in [0.4, 0.5) is 5.69 Å². The minimum atomic E-state index is -0.954. The summed E-state index contributed by atoms with van der Waals surface area (Å²) in [6.45, 7) is 4.11. The molecule has 1 aromatic rings. The van der Waals surface area contributed by atoms with Gasteiger partial charge in [0.2, 0.25) is 0 Å². The number of ether oxygens (including phenoxy) is 2. The van der Waals surface area contributed by atoms with E-state index in [1.54, 1.807) is 19.3 Å². The van der Waals surface area contributed by atoms with Crippen molar-refractivity contribution in [3.8, 4) is 0 Å². The maximum Gasteiger partial charge on any atom is 0.251 e. The van der Waals surface area contributed by atoms with Gasteiger partial charge in [-0.05, 0) is 18.9 Å². The number of carbonyl (C=O) groups excluding carboxylic acids is 1. The Labute approximate surface area is 158 Å². The number of nitrogens with zero attached hydrogens (tertiary/aromatic N) is 1. The second kappa shape index (κ2) is 8.81. The summed E-state index contributed by atoms with van der Waals surface area (Å²) in [5, 5.41) is 3.29. The molecule has 2 rings (SSSR count). The first-order valence-electron chi connectivity index (χ1n) is 8.16. The molecule has 1 aromatic heterocycles. The maximum absolute atomic E-state index is 12.6. The SMILES string of the molecule is CCC(CC)OC1(OC)C=CC=C(C(=O)Nc2c(Cl)cncc2Cl)C1. The topological polar surface area (TPSA) is 60.5 Å². The lowest BCUT2D eigenvalue weighted by Gasteiger charge is -2.35. The van der Waals surface area contributed by atoms with E-state index in [-0.39, 0.29) is 22.1 Å². The van der Waals surface area contributed by atoms with Crippen LogP contribution in [0.25, 0.3) is 0 Å². The van der Waals surface area contributed by atoms with Gasteiger partial charge in [0.05, 0.1) is 21.8 Å². The zero-order chi connectivity index (χ0) is 18.4. The minimum absolute atomic E-state index is 0.0519. The van der Waals surface area contributed by atoms with Crippen LogP contribution in [0.15, 0.2) is 36.2 Å². The zero-order valence-electron chi connectivity index (χ0n) is 14.5.